The van der Waals surface area contributed by atoms with Crippen LogP contribution in [0.3, 0.4) is 0 Å². The molecule has 0 N–H and O–H groups in total. The molecule has 4 atom stereocenters. The molecule has 0 unspecified atom stereocenters. The lowest BCUT2D eigenvalue weighted by Crippen LogP contribution is -2.67. The zero-order chi connectivity index (χ0) is 20.9. The Labute approximate surface area is 178 Å². The Morgan fingerprint density at radius 2 is 0.867 bits per heavy atom. The third-order valence-corrected chi connectivity index (χ3v) is 10.1. The molecule has 2 aromatic carbocycles. The number of benzene rings is 2. The van der Waals surface area contributed by atoms with Gasteiger partial charge in [-0.1, -0.05) is 60.7 Å². The van der Waals surface area contributed by atoms with Crippen molar-refractivity contribution in [2.45, 2.75) is 37.3 Å². The highest BCUT2D eigenvalue weighted by Crippen LogP contribution is 2.39. The number of piperazine rings is 1. The number of nitrogens with zero attached hydrogens (tertiary/aromatic N) is 2. The molecule has 0 spiro atoms. The van der Waals surface area contributed by atoms with Gasteiger partial charge in [0.05, 0.1) is 23.0 Å². The first-order valence-corrected chi connectivity index (χ1v) is 14.0. The molecule has 5 rings (SSSR count). The molecular weight excluding hydrogens is 420 g/mol. The molecular formula is C22H26N2O4S2. The van der Waals surface area contributed by atoms with Gasteiger partial charge in [-0.2, -0.15) is 0 Å². The minimum absolute atomic E-state index is 0.0963. The summed E-state index contributed by atoms with van der Waals surface area (Å²) in [5, 5.41) is 0. The average molecular weight is 447 g/mol. The molecule has 0 aromatic heterocycles. The first-order valence-electron chi connectivity index (χ1n) is 10.3. The largest absolute Gasteiger partial charge is 0.288 e. The van der Waals surface area contributed by atoms with E-state index in [1.807, 2.05) is 60.7 Å². The van der Waals surface area contributed by atoms with Crippen molar-refractivity contribution in [1.82, 2.24) is 9.80 Å². The Hall–Kier alpha value is -1.74. The highest BCUT2D eigenvalue weighted by molar-refractivity contribution is 7.92. The zero-order valence-electron chi connectivity index (χ0n) is 16.7. The van der Waals surface area contributed by atoms with Crippen molar-refractivity contribution in [2.75, 3.05) is 23.0 Å². The highest BCUT2D eigenvalue weighted by Gasteiger charge is 2.57. The predicted octanol–water partition coefficient (Wildman–Crippen LogP) is 1.34. The van der Waals surface area contributed by atoms with Gasteiger partial charge in [-0.3, -0.25) is 9.80 Å². The average Bonchev–Trinajstić information content (AvgIpc) is 3.21. The molecule has 8 heteroatoms. The molecule has 0 radical (unpaired) electrons. The maximum absolute atomic E-state index is 12.7. The second kappa shape index (κ2) is 7.44. The molecule has 0 saturated carbocycles. The van der Waals surface area contributed by atoms with E-state index in [4.69, 9.17) is 0 Å². The van der Waals surface area contributed by atoms with Gasteiger partial charge in [0.2, 0.25) is 0 Å². The minimum Gasteiger partial charge on any atom is -0.288 e. The Morgan fingerprint density at radius 1 is 0.567 bits per heavy atom. The lowest BCUT2D eigenvalue weighted by atomic mass is 9.93. The summed E-state index contributed by atoms with van der Waals surface area (Å²) in [6.07, 6.45) is 0. The van der Waals surface area contributed by atoms with Crippen LogP contribution in [-0.2, 0) is 32.8 Å². The molecule has 6 nitrogen and oxygen atoms in total. The fourth-order valence-corrected chi connectivity index (χ4v) is 9.45. The highest BCUT2D eigenvalue weighted by atomic mass is 32.2. The van der Waals surface area contributed by atoms with Crippen LogP contribution in [0.5, 0.6) is 0 Å². The Balaban J connectivity index is 1.54. The van der Waals surface area contributed by atoms with E-state index < -0.39 is 19.7 Å². The van der Waals surface area contributed by atoms with Gasteiger partial charge in [-0.25, -0.2) is 16.8 Å². The Bertz CT molecular complexity index is 993. The summed E-state index contributed by atoms with van der Waals surface area (Å²) in [6.45, 7) is 1.15. The van der Waals surface area contributed by atoms with Gasteiger partial charge in [0, 0.05) is 37.3 Å². The first-order chi connectivity index (χ1) is 14.3. The summed E-state index contributed by atoms with van der Waals surface area (Å²) in [4.78, 5) is 4.36. The van der Waals surface area contributed by atoms with Gasteiger partial charge in [-0.05, 0) is 11.1 Å². The van der Waals surface area contributed by atoms with E-state index >= 15 is 0 Å². The van der Waals surface area contributed by atoms with E-state index in [1.165, 1.54) is 0 Å². The van der Waals surface area contributed by atoms with Gasteiger partial charge in [0.25, 0.3) is 0 Å². The smallest absolute Gasteiger partial charge is 0.153 e. The lowest BCUT2D eigenvalue weighted by molar-refractivity contribution is -0.0341. The van der Waals surface area contributed by atoms with Crippen LogP contribution in [-0.4, -0.2) is 73.8 Å². The van der Waals surface area contributed by atoms with Crippen molar-refractivity contribution in [3.05, 3.63) is 71.8 Å². The number of sulfone groups is 2. The minimum atomic E-state index is -3.17. The summed E-state index contributed by atoms with van der Waals surface area (Å²) in [6, 6.07) is 19.1. The molecule has 160 valence electrons. The quantitative estimate of drug-likeness (QED) is 0.706. The summed E-state index contributed by atoms with van der Waals surface area (Å²) in [5.74, 6) is 0.385. The zero-order valence-corrected chi connectivity index (χ0v) is 18.3. The van der Waals surface area contributed by atoms with Crippen molar-refractivity contribution in [3.63, 3.8) is 0 Å². The second-order valence-corrected chi connectivity index (χ2v) is 13.0. The van der Waals surface area contributed by atoms with Crippen LogP contribution in [0.25, 0.3) is 0 Å². The van der Waals surface area contributed by atoms with Gasteiger partial charge in [0.15, 0.2) is 19.7 Å². The number of fused-ring (bicyclic) bond motifs is 2. The Morgan fingerprint density at radius 3 is 1.17 bits per heavy atom. The normalized spacial score (nSPS) is 32.5. The van der Waals surface area contributed by atoms with E-state index in [0.717, 1.165) is 11.1 Å². The van der Waals surface area contributed by atoms with E-state index in [2.05, 4.69) is 9.80 Å². The van der Waals surface area contributed by atoms with Crippen molar-refractivity contribution >= 4 is 19.7 Å². The van der Waals surface area contributed by atoms with Gasteiger partial charge in [0.1, 0.15) is 0 Å². The fourth-order valence-electron chi connectivity index (χ4n) is 5.44. The van der Waals surface area contributed by atoms with Crippen molar-refractivity contribution in [2.24, 2.45) is 0 Å². The molecule has 3 aliphatic heterocycles. The number of rotatable bonds is 4. The monoisotopic (exact) mass is 446 g/mol. The van der Waals surface area contributed by atoms with Crippen LogP contribution in [0, 0.1) is 0 Å². The topological polar surface area (TPSA) is 74.8 Å². The van der Waals surface area contributed by atoms with Crippen LogP contribution in [0.2, 0.25) is 0 Å². The molecule has 0 bridgehead atoms. The molecule has 3 fully saturated rings. The van der Waals surface area contributed by atoms with E-state index in [-0.39, 0.29) is 47.2 Å². The van der Waals surface area contributed by atoms with Gasteiger partial charge < -0.3 is 0 Å². The third-order valence-electron chi connectivity index (χ3n) is 6.71. The van der Waals surface area contributed by atoms with E-state index in [9.17, 15) is 16.8 Å². The number of hydrogen-bond acceptors (Lipinski definition) is 6. The molecule has 2 aromatic rings. The SMILES string of the molecule is O=S1(=O)C[C@@H]2[C@@H](C1)N(Cc1ccccc1)[C@H]1CS(=O)(=O)C[C@H]1N2Cc1ccccc1. The summed E-state index contributed by atoms with van der Waals surface area (Å²) in [7, 11) is -6.34. The van der Waals surface area contributed by atoms with Crippen LogP contribution >= 0.6 is 0 Å². The molecule has 3 aliphatic rings. The third kappa shape index (κ3) is 3.82. The molecule has 3 heterocycles. The Kier molecular flexibility index (Phi) is 5.01. The number of hydrogen-bond donors (Lipinski definition) is 0. The lowest BCUT2D eigenvalue weighted by Gasteiger charge is -2.51. The summed E-state index contributed by atoms with van der Waals surface area (Å²) in [5.41, 5.74) is 2.17. The summed E-state index contributed by atoms with van der Waals surface area (Å²) < 4.78 is 50.7. The van der Waals surface area contributed by atoms with Crippen LogP contribution in [0.15, 0.2) is 60.7 Å². The summed E-state index contributed by atoms with van der Waals surface area (Å²) >= 11 is 0. The van der Waals surface area contributed by atoms with Crippen molar-refractivity contribution < 1.29 is 16.8 Å². The van der Waals surface area contributed by atoms with Crippen LogP contribution in [0.1, 0.15) is 11.1 Å². The van der Waals surface area contributed by atoms with Crippen molar-refractivity contribution in [1.29, 1.82) is 0 Å². The second-order valence-electron chi connectivity index (χ2n) is 8.74. The molecule has 30 heavy (non-hydrogen) atoms. The standard InChI is InChI=1S/C22H26N2O4S2/c25-29(26)13-19-21(15-29)24(12-18-9-5-2-6-10-18)22-16-30(27,28)14-20(22)23(19)11-17-7-3-1-4-8-17/h1-10,19-22H,11-16H2/t19-,20-,21-,22+/m1/s1. The van der Waals surface area contributed by atoms with E-state index in [1.54, 1.807) is 0 Å². The maximum Gasteiger partial charge on any atom is 0.153 e. The van der Waals surface area contributed by atoms with E-state index in [0.29, 0.717) is 13.1 Å². The molecule has 0 amide bonds. The fraction of sp³-hybridized carbons (Fsp3) is 0.455. The predicted molar refractivity (Wildman–Crippen MR) is 116 cm³/mol. The van der Waals surface area contributed by atoms with Crippen LogP contribution < -0.4 is 0 Å². The van der Waals surface area contributed by atoms with Crippen molar-refractivity contribution in [3.8, 4) is 0 Å². The van der Waals surface area contributed by atoms with Gasteiger partial charge in [-0.15, -0.1) is 0 Å². The van der Waals surface area contributed by atoms with Crippen LogP contribution in [0.4, 0.5) is 0 Å². The first kappa shape index (κ1) is 20.2. The molecule has 0 aliphatic carbocycles. The van der Waals surface area contributed by atoms with Gasteiger partial charge >= 0.3 is 0 Å². The maximum atomic E-state index is 12.7. The molecule has 3 saturated heterocycles.